The molecule has 18 heavy (non-hydrogen) atoms. The highest BCUT2D eigenvalue weighted by Crippen LogP contribution is 2.09. The van der Waals surface area contributed by atoms with E-state index in [-0.39, 0.29) is 0 Å². The third kappa shape index (κ3) is 5.29. The van der Waals surface area contributed by atoms with Crippen LogP contribution in [-0.4, -0.2) is 23.7 Å². The first-order chi connectivity index (χ1) is 8.61. The van der Waals surface area contributed by atoms with Crippen molar-refractivity contribution in [2.24, 2.45) is 0 Å². The van der Waals surface area contributed by atoms with E-state index in [0.717, 1.165) is 6.04 Å². The molecule has 0 spiro atoms. The van der Waals surface area contributed by atoms with Gasteiger partial charge in [0.2, 0.25) is 0 Å². The molecule has 1 aliphatic rings. The van der Waals surface area contributed by atoms with Crippen molar-refractivity contribution in [1.29, 1.82) is 0 Å². The van der Waals surface area contributed by atoms with E-state index in [1.807, 2.05) is 0 Å². The van der Waals surface area contributed by atoms with E-state index in [9.17, 15) is 9.90 Å². The van der Waals surface area contributed by atoms with E-state index >= 15 is 0 Å². The Hall–Kier alpha value is -1.39. The molecule has 3 N–H and O–H groups in total. The number of nitrogens with two attached hydrogens (primary N) is 1. The van der Waals surface area contributed by atoms with Crippen LogP contribution in [0.25, 0.3) is 0 Å². The van der Waals surface area contributed by atoms with Crippen molar-refractivity contribution in [2.45, 2.75) is 38.3 Å². The molecule has 0 unspecified atom stereocenters. The Labute approximate surface area is 108 Å². The minimum Gasteiger partial charge on any atom is -0.547 e. The molecule has 2 rings (SSSR count). The van der Waals surface area contributed by atoms with E-state index in [4.69, 9.17) is 5.11 Å². The molecule has 0 amide bonds. The number of carboxylic acids is 1. The summed E-state index contributed by atoms with van der Waals surface area (Å²) in [6.07, 6.45) is 2.80. The van der Waals surface area contributed by atoms with Gasteiger partial charge in [0.1, 0.15) is 6.10 Å². The molecule has 0 aliphatic carbocycles. The van der Waals surface area contributed by atoms with Crippen molar-refractivity contribution in [1.82, 2.24) is 0 Å². The highest BCUT2D eigenvalue weighted by atomic mass is 16.4. The van der Waals surface area contributed by atoms with Gasteiger partial charge in [-0.15, -0.1) is 0 Å². The summed E-state index contributed by atoms with van der Waals surface area (Å²) >= 11 is 0. The third-order valence-corrected chi connectivity index (χ3v) is 3.02. The smallest absolute Gasteiger partial charge is 0.118 e. The van der Waals surface area contributed by atoms with Crippen LogP contribution in [0.2, 0.25) is 0 Å². The van der Waals surface area contributed by atoms with Crippen LogP contribution in [0.3, 0.4) is 0 Å². The highest BCUT2D eigenvalue weighted by molar-refractivity contribution is 5.71. The van der Waals surface area contributed by atoms with Gasteiger partial charge in [-0.1, -0.05) is 30.3 Å². The van der Waals surface area contributed by atoms with Gasteiger partial charge < -0.3 is 20.3 Å². The first-order valence-corrected chi connectivity index (χ1v) is 6.38. The van der Waals surface area contributed by atoms with Crippen LogP contribution in [0.4, 0.5) is 0 Å². The summed E-state index contributed by atoms with van der Waals surface area (Å²) in [5.41, 5.74) is 0.340. The second-order valence-corrected chi connectivity index (χ2v) is 4.63. The minimum absolute atomic E-state index is 0.340. The number of carbonyl (C=O) groups is 1. The Morgan fingerprint density at radius 2 is 2.06 bits per heavy atom. The van der Waals surface area contributed by atoms with Crippen LogP contribution in [0.5, 0.6) is 0 Å². The quantitative estimate of drug-likeness (QED) is 0.750. The van der Waals surface area contributed by atoms with Gasteiger partial charge in [-0.25, -0.2) is 0 Å². The largest absolute Gasteiger partial charge is 0.547 e. The number of hydrogen-bond acceptors (Lipinski definition) is 3. The summed E-state index contributed by atoms with van der Waals surface area (Å²) in [5, 5.41) is 21.5. The average molecular weight is 251 g/mol. The van der Waals surface area contributed by atoms with Crippen molar-refractivity contribution >= 4 is 5.97 Å². The molecular weight excluding hydrogens is 230 g/mol. The average Bonchev–Trinajstić information content (AvgIpc) is 2.40. The summed E-state index contributed by atoms with van der Waals surface area (Å²) in [4.78, 5) is 10.1. The van der Waals surface area contributed by atoms with Crippen molar-refractivity contribution in [3.8, 4) is 0 Å². The van der Waals surface area contributed by atoms with Gasteiger partial charge in [-0.05, 0) is 31.7 Å². The lowest BCUT2D eigenvalue weighted by molar-refractivity contribution is -0.694. The molecule has 100 valence electrons. The van der Waals surface area contributed by atoms with Crippen LogP contribution in [0.15, 0.2) is 30.3 Å². The zero-order valence-corrected chi connectivity index (χ0v) is 10.7. The zero-order chi connectivity index (χ0) is 13.4. The molecule has 4 nitrogen and oxygen atoms in total. The molecule has 1 heterocycles. The van der Waals surface area contributed by atoms with E-state index in [1.54, 1.807) is 18.2 Å². The Morgan fingerprint density at radius 1 is 1.39 bits per heavy atom. The van der Waals surface area contributed by atoms with Crippen LogP contribution in [0, 0.1) is 0 Å². The summed E-state index contributed by atoms with van der Waals surface area (Å²) < 4.78 is 0. The van der Waals surface area contributed by atoms with Crippen molar-refractivity contribution < 1.29 is 20.3 Å². The van der Waals surface area contributed by atoms with Crippen LogP contribution in [0.1, 0.15) is 37.9 Å². The lowest BCUT2D eigenvalue weighted by atomic mass is 10.1. The SMILES string of the molecule is C[C@H]1CCCC[NH2+]1.O=C([O-])[C@H](O)c1ccccc1. The van der Waals surface area contributed by atoms with Gasteiger partial charge in [0.05, 0.1) is 18.6 Å². The molecule has 0 bridgehead atoms. The van der Waals surface area contributed by atoms with E-state index < -0.39 is 12.1 Å². The first-order valence-electron chi connectivity index (χ1n) is 6.38. The number of benzene rings is 1. The van der Waals surface area contributed by atoms with Gasteiger partial charge in [0.25, 0.3) is 0 Å². The number of aliphatic hydroxyl groups is 1. The molecule has 0 saturated carbocycles. The van der Waals surface area contributed by atoms with Gasteiger partial charge in [0.15, 0.2) is 0 Å². The predicted molar refractivity (Wildman–Crippen MR) is 66.5 cm³/mol. The summed E-state index contributed by atoms with van der Waals surface area (Å²) in [7, 11) is 0. The highest BCUT2D eigenvalue weighted by Gasteiger charge is 2.08. The van der Waals surface area contributed by atoms with Crippen LogP contribution < -0.4 is 10.4 Å². The number of carbonyl (C=O) groups excluding carboxylic acids is 1. The number of carboxylic acid groups (broad SMARTS) is 1. The second kappa shape index (κ2) is 7.84. The first kappa shape index (κ1) is 14.7. The van der Waals surface area contributed by atoms with Crippen molar-refractivity contribution in [3.63, 3.8) is 0 Å². The number of quaternary nitrogens is 1. The number of rotatable bonds is 2. The molecule has 1 fully saturated rings. The normalized spacial score (nSPS) is 20.4. The van der Waals surface area contributed by atoms with E-state index in [1.165, 1.54) is 37.9 Å². The number of aliphatic hydroxyl groups excluding tert-OH is 1. The fourth-order valence-corrected chi connectivity index (χ4v) is 1.90. The third-order valence-electron chi connectivity index (χ3n) is 3.02. The molecule has 1 aromatic rings. The Morgan fingerprint density at radius 3 is 2.44 bits per heavy atom. The summed E-state index contributed by atoms with van der Waals surface area (Å²) in [5.74, 6) is -1.48. The summed E-state index contributed by atoms with van der Waals surface area (Å²) in [6.45, 7) is 3.67. The minimum atomic E-state index is -1.52. The lowest BCUT2D eigenvalue weighted by Gasteiger charge is -2.14. The van der Waals surface area contributed by atoms with Crippen molar-refractivity contribution in [2.75, 3.05) is 6.54 Å². The molecule has 1 saturated heterocycles. The van der Waals surface area contributed by atoms with E-state index in [0.29, 0.717) is 5.56 Å². The number of piperidine rings is 1. The maximum atomic E-state index is 10.1. The van der Waals surface area contributed by atoms with Gasteiger partial charge in [-0.3, -0.25) is 0 Å². The molecule has 0 radical (unpaired) electrons. The van der Waals surface area contributed by atoms with Gasteiger partial charge in [-0.2, -0.15) is 0 Å². The lowest BCUT2D eigenvalue weighted by Crippen LogP contribution is -2.90. The van der Waals surface area contributed by atoms with Gasteiger partial charge >= 0.3 is 0 Å². The Balaban J connectivity index is 0.000000199. The van der Waals surface area contributed by atoms with Gasteiger partial charge in [0, 0.05) is 0 Å². The fourth-order valence-electron chi connectivity index (χ4n) is 1.90. The number of aliphatic carboxylic acids is 1. The fraction of sp³-hybridized carbons (Fsp3) is 0.500. The molecule has 4 heteroatoms. The molecule has 1 aliphatic heterocycles. The summed E-state index contributed by atoms with van der Waals surface area (Å²) in [6, 6.07) is 9.02. The molecule has 1 aromatic carbocycles. The Kier molecular flexibility index (Phi) is 6.39. The maximum absolute atomic E-state index is 10.1. The maximum Gasteiger partial charge on any atom is 0.118 e. The van der Waals surface area contributed by atoms with Crippen LogP contribution in [-0.2, 0) is 4.79 Å². The monoisotopic (exact) mass is 251 g/mol. The van der Waals surface area contributed by atoms with Crippen LogP contribution >= 0.6 is 0 Å². The van der Waals surface area contributed by atoms with E-state index in [2.05, 4.69) is 12.2 Å². The topological polar surface area (TPSA) is 77.0 Å². The number of hydrogen-bond donors (Lipinski definition) is 2. The van der Waals surface area contributed by atoms with Crippen molar-refractivity contribution in [3.05, 3.63) is 35.9 Å². The molecule has 0 aromatic heterocycles. The predicted octanol–water partition coefficient (Wildman–Crippen LogP) is -0.408. The Bertz CT molecular complexity index is 347. The molecular formula is C14H21NO3. The zero-order valence-electron chi connectivity index (χ0n) is 10.7. The molecule has 2 atom stereocenters. The second-order valence-electron chi connectivity index (χ2n) is 4.63. The standard InChI is InChI=1S/C8H8O3.C6H13N/c9-7(8(10)11)6-4-2-1-3-5-6;1-6-4-2-3-5-7-6/h1-5,7,9H,(H,10,11);6-7H,2-5H2,1H3/t7-;6-/m10/s1.